The minimum atomic E-state index is -1.12. The smallest absolute Gasteiger partial charge is 0.407 e. The number of alkyl carbamates (subject to hydrolysis) is 1. The minimum absolute atomic E-state index is 0.123. The fourth-order valence-corrected chi connectivity index (χ4v) is 1.83. The quantitative estimate of drug-likeness (QED) is 0.613. The van der Waals surface area contributed by atoms with Gasteiger partial charge in [-0.25, -0.2) is 9.59 Å². The molecule has 0 saturated heterocycles. The molecule has 0 aromatic heterocycles. The molecular weight excluding hydrogens is 310 g/mol. The number of carbonyl (C=O) groups is 2. The lowest BCUT2D eigenvalue weighted by molar-refractivity contribution is -0.137. The molecule has 0 aliphatic heterocycles. The van der Waals surface area contributed by atoms with Gasteiger partial charge in [-0.2, -0.15) is 0 Å². The summed E-state index contributed by atoms with van der Waals surface area (Å²) in [6.07, 6.45) is 0.724. The summed E-state index contributed by atoms with van der Waals surface area (Å²) in [5.74, 6) is -1.25. The third-order valence-electron chi connectivity index (χ3n) is 2.66. The van der Waals surface area contributed by atoms with Crippen LogP contribution in [0.3, 0.4) is 0 Å². The van der Waals surface area contributed by atoms with Crippen LogP contribution in [0.4, 0.5) is 4.79 Å². The van der Waals surface area contributed by atoms with E-state index in [4.69, 9.17) is 9.47 Å². The molecule has 6 heteroatoms. The number of carbonyl (C=O) groups excluding carboxylic acids is 1. The summed E-state index contributed by atoms with van der Waals surface area (Å²) >= 11 is 0. The molecule has 6 nitrogen and oxygen atoms in total. The SMILES string of the molecule is CC(C)O/C(=C/c1cccc(CNC(=O)OC(C)(C)C)c1)C(=O)O. The van der Waals surface area contributed by atoms with Crippen LogP contribution >= 0.6 is 0 Å². The maximum absolute atomic E-state index is 11.7. The summed E-state index contributed by atoms with van der Waals surface area (Å²) in [5.41, 5.74) is 0.944. The van der Waals surface area contributed by atoms with Crippen molar-refractivity contribution in [1.29, 1.82) is 0 Å². The highest BCUT2D eigenvalue weighted by Gasteiger charge is 2.15. The molecule has 1 aromatic carbocycles. The monoisotopic (exact) mass is 335 g/mol. The van der Waals surface area contributed by atoms with E-state index in [0.29, 0.717) is 5.56 Å². The van der Waals surface area contributed by atoms with Gasteiger partial charge in [0.05, 0.1) is 6.10 Å². The summed E-state index contributed by atoms with van der Waals surface area (Å²) < 4.78 is 10.5. The van der Waals surface area contributed by atoms with Crippen LogP contribution in [0.25, 0.3) is 6.08 Å². The predicted octanol–water partition coefficient (Wildman–Crippen LogP) is 3.56. The van der Waals surface area contributed by atoms with Crippen LogP contribution in [0.5, 0.6) is 0 Å². The lowest BCUT2D eigenvalue weighted by atomic mass is 10.1. The largest absolute Gasteiger partial charge is 0.484 e. The first-order chi connectivity index (χ1) is 11.1. The maximum atomic E-state index is 11.7. The molecule has 0 spiro atoms. The van der Waals surface area contributed by atoms with Crippen LogP contribution in [-0.4, -0.2) is 28.9 Å². The van der Waals surface area contributed by atoms with E-state index >= 15 is 0 Å². The number of ether oxygens (including phenoxy) is 2. The van der Waals surface area contributed by atoms with Gasteiger partial charge in [0, 0.05) is 6.54 Å². The first-order valence-electron chi connectivity index (χ1n) is 7.74. The second-order valence-corrected chi connectivity index (χ2v) is 6.58. The first kappa shape index (κ1) is 19.5. The average Bonchev–Trinajstić information content (AvgIpc) is 2.42. The van der Waals surface area contributed by atoms with Gasteiger partial charge in [0.1, 0.15) is 5.60 Å². The maximum Gasteiger partial charge on any atom is 0.407 e. The van der Waals surface area contributed by atoms with Gasteiger partial charge in [-0.3, -0.25) is 0 Å². The Morgan fingerprint density at radius 3 is 2.50 bits per heavy atom. The summed E-state index contributed by atoms with van der Waals surface area (Å²) in [5, 5.41) is 11.8. The highest BCUT2D eigenvalue weighted by molar-refractivity contribution is 5.89. The predicted molar refractivity (Wildman–Crippen MR) is 91.3 cm³/mol. The Labute approximate surface area is 142 Å². The van der Waals surface area contributed by atoms with E-state index in [1.165, 1.54) is 6.08 Å². The molecule has 2 N–H and O–H groups in total. The lowest BCUT2D eigenvalue weighted by Gasteiger charge is -2.19. The third kappa shape index (κ3) is 7.67. The van der Waals surface area contributed by atoms with Crippen molar-refractivity contribution in [2.45, 2.75) is 52.9 Å². The van der Waals surface area contributed by atoms with Crippen LogP contribution in [0.1, 0.15) is 45.7 Å². The van der Waals surface area contributed by atoms with Gasteiger partial charge < -0.3 is 19.9 Å². The van der Waals surface area contributed by atoms with E-state index in [1.807, 2.05) is 6.07 Å². The van der Waals surface area contributed by atoms with E-state index in [0.717, 1.165) is 5.56 Å². The highest BCUT2D eigenvalue weighted by Crippen LogP contribution is 2.13. The van der Waals surface area contributed by atoms with Crippen LogP contribution in [0.15, 0.2) is 30.0 Å². The summed E-state index contributed by atoms with van der Waals surface area (Å²) in [6.45, 7) is 9.18. The molecule has 0 aliphatic carbocycles. The zero-order valence-corrected chi connectivity index (χ0v) is 14.8. The Morgan fingerprint density at radius 2 is 1.96 bits per heavy atom. The summed E-state index contributed by atoms with van der Waals surface area (Å²) in [7, 11) is 0. The van der Waals surface area contributed by atoms with Crippen molar-refractivity contribution >= 4 is 18.1 Å². The Morgan fingerprint density at radius 1 is 1.29 bits per heavy atom. The van der Waals surface area contributed by atoms with Crippen molar-refractivity contribution in [3.8, 4) is 0 Å². The number of nitrogens with one attached hydrogen (secondary N) is 1. The second kappa shape index (κ2) is 8.38. The van der Waals surface area contributed by atoms with Gasteiger partial charge in [-0.15, -0.1) is 0 Å². The van der Waals surface area contributed by atoms with E-state index in [9.17, 15) is 14.7 Å². The highest BCUT2D eigenvalue weighted by atomic mass is 16.6. The number of amides is 1. The fraction of sp³-hybridized carbons (Fsp3) is 0.444. The molecule has 24 heavy (non-hydrogen) atoms. The molecule has 132 valence electrons. The van der Waals surface area contributed by atoms with Crippen molar-refractivity contribution in [3.05, 3.63) is 41.2 Å². The van der Waals surface area contributed by atoms with Crippen molar-refractivity contribution < 1.29 is 24.2 Å². The second-order valence-electron chi connectivity index (χ2n) is 6.58. The summed E-state index contributed by atoms with van der Waals surface area (Å²) in [6, 6.07) is 7.17. The van der Waals surface area contributed by atoms with Crippen LogP contribution in [0, 0.1) is 0 Å². The number of carboxylic acids is 1. The van der Waals surface area contributed by atoms with Gasteiger partial charge in [-0.1, -0.05) is 18.2 Å². The van der Waals surface area contributed by atoms with Gasteiger partial charge in [-0.05, 0) is 57.9 Å². The third-order valence-corrected chi connectivity index (χ3v) is 2.66. The van der Waals surface area contributed by atoms with Gasteiger partial charge >= 0.3 is 12.1 Å². The zero-order chi connectivity index (χ0) is 18.3. The molecule has 0 aliphatic rings. The molecule has 0 bridgehead atoms. The topological polar surface area (TPSA) is 84.9 Å². The van der Waals surface area contributed by atoms with Crippen LogP contribution < -0.4 is 5.32 Å². The van der Waals surface area contributed by atoms with Gasteiger partial charge in [0.2, 0.25) is 5.76 Å². The van der Waals surface area contributed by atoms with Crippen molar-refractivity contribution in [3.63, 3.8) is 0 Å². The molecule has 0 unspecified atom stereocenters. The number of hydrogen-bond donors (Lipinski definition) is 2. The average molecular weight is 335 g/mol. The number of rotatable bonds is 6. The number of benzene rings is 1. The molecule has 1 rings (SSSR count). The standard InChI is InChI=1S/C18H25NO5/c1-12(2)23-15(16(20)21)10-13-7-6-8-14(9-13)11-19-17(22)24-18(3,4)5/h6-10,12H,11H2,1-5H3,(H,19,22)(H,20,21)/b15-10+. The molecule has 0 heterocycles. The molecule has 0 saturated carbocycles. The normalized spacial score (nSPS) is 12.0. The molecule has 0 fully saturated rings. The molecule has 1 amide bonds. The molecule has 0 radical (unpaired) electrons. The Kier molecular flexibility index (Phi) is 6.82. The van der Waals surface area contributed by atoms with E-state index in [1.54, 1.807) is 52.8 Å². The number of aliphatic carboxylic acids is 1. The molecule has 1 aromatic rings. The van der Waals surface area contributed by atoms with Gasteiger partial charge in [0.25, 0.3) is 0 Å². The summed E-state index contributed by atoms with van der Waals surface area (Å²) in [4.78, 5) is 22.9. The van der Waals surface area contributed by atoms with Crippen LogP contribution in [-0.2, 0) is 20.8 Å². The molecule has 0 atom stereocenters. The Hall–Kier alpha value is -2.50. The van der Waals surface area contributed by atoms with Crippen molar-refractivity contribution in [2.75, 3.05) is 0 Å². The van der Waals surface area contributed by atoms with E-state index in [2.05, 4.69) is 5.32 Å². The Bertz CT molecular complexity index is 614. The van der Waals surface area contributed by atoms with Crippen molar-refractivity contribution in [1.82, 2.24) is 5.32 Å². The lowest BCUT2D eigenvalue weighted by Crippen LogP contribution is -2.32. The first-order valence-corrected chi connectivity index (χ1v) is 7.74. The molecular formula is C18H25NO5. The van der Waals surface area contributed by atoms with Crippen LogP contribution in [0.2, 0.25) is 0 Å². The fourth-order valence-electron chi connectivity index (χ4n) is 1.83. The van der Waals surface area contributed by atoms with Crippen molar-refractivity contribution in [2.24, 2.45) is 0 Å². The minimum Gasteiger partial charge on any atom is -0.484 e. The zero-order valence-electron chi connectivity index (χ0n) is 14.8. The van der Waals surface area contributed by atoms with E-state index in [-0.39, 0.29) is 18.4 Å². The van der Waals surface area contributed by atoms with E-state index < -0.39 is 17.7 Å². The van der Waals surface area contributed by atoms with Gasteiger partial charge in [0.15, 0.2) is 0 Å². The number of carboxylic acid groups (broad SMARTS) is 1. The number of hydrogen-bond acceptors (Lipinski definition) is 4. The Balaban J connectivity index is 2.79.